The number of aliphatic imine (C=N–C) groups is 1. The van der Waals surface area contributed by atoms with Crippen molar-refractivity contribution in [2.75, 3.05) is 0 Å². The predicted molar refractivity (Wildman–Crippen MR) is 42.1 cm³/mol. The third-order valence-electron chi connectivity index (χ3n) is 1.17. The third-order valence-corrected chi connectivity index (χ3v) is 1.17. The van der Waals surface area contributed by atoms with E-state index in [1.54, 1.807) is 19.1 Å². The summed E-state index contributed by atoms with van der Waals surface area (Å²) in [6.07, 6.45) is 5.20. The maximum Gasteiger partial charge on any atom is 0.363 e. The molecule has 11 heavy (non-hydrogen) atoms. The molecule has 3 nitrogen and oxygen atoms in total. The van der Waals surface area contributed by atoms with Crippen LogP contribution in [0.1, 0.15) is 13.8 Å². The second-order valence-corrected chi connectivity index (χ2v) is 2.10. The largest absolute Gasteiger partial charge is 0.407 e. The molecule has 0 aliphatic carbocycles. The van der Waals surface area contributed by atoms with Crippen LogP contribution in [-0.2, 0) is 9.53 Å². The van der Waals surface area contributed by atoms with E-state index in [0.717, 1.165) is 0 Å². The Labute approximate surface area is 65.1 Å². The fourth-order valence-electron chi connectivity index (χ4n) is 0.717. The van der Waals surface area contributed by atoms with E-state index < -0.39 is 0 Å². The Morgan fingerprint density at radius 3 is 2.73 bits per heavy atom. The molecule has 0 saturated carbocycles. The highest BCUT2D eigenvalue weighted by Gasteiger charge is 2.18. The first-order valence-corrected chi connectivity index (χ1v) is 3.34. The number of nitrogens with zero attached hydrogens (tertiary/aromatic N) is 1. The Kier molecular flexibility index (Phi) is 2.21. The summed E-state index contributed by atoms with van der Waals surface area (Å²) in [6.45, 7) is 3.52. The van der Waals surface area contributed by atoms with Crippen LogP contribution in [0.2, 0.25) is 0 Å². The van der Waals surface area contributed by atoms with Crippen molar-refractivity contribution in [1.29, 1.82) is 0 Å². The summed E-state index contributed by atoms with van der Waals surface area (Å²) in [5.41, 5.74) is 0.362. The topological polar surface area (TPSA) is 38.7 Å². The van der Waals surface area contributed by atoms with Crippen molar-refractivity contribution in [2.24, 2.45) is 4.99 Å². The number of cyclic esters (lactones) is 1. The quantitative estimate of drug-likeness (QED) is 0.420. The number of hydrogen-bond acceptors (Lipinski definition) is 3. The SMILES string of the molecule is CC=CC=C1N=C(C)OC1=O. The van der Waals surface area contributed by atoms with Gasteiger partial charge in [-0.15, -0.1) is 0 Å². The smallest absolute Gasteiger partial charge is 0.363 e. The molecule has 0 amide bonds. The zero-order chi connectivity index (χ0) is 8.27. The molecule has 0 aromatic carbocycles. The van der Waals surface area contributed by atoms with E-state index in [-0.39, 0.29) is 5.97 Å². The molecule has 58 valence electrons. The number of carbonyl (C=O) groups is 1. The van der Waals surface area contributed by atoms with Gasteiger partial charge in [-0.2, -0.15) is 0 Å². The summed E-state index contributed by atoms with van der Waals surface area (Å²) in [5.74, 6) is 0.0337. The Hall–Kier alpha value is -1.38. The molecule has 0 aromatic rings. The first-order valence-electron chi connectivity index (χ1n) is 3.34. The lowest BCUT2D eigenvalue weighted by atomic mass is 10.4. The predicted octanol–water partition coefficient (Wildman–Crippen LogP) is 1.42. The van der Waals surface area contributed by atoms with Gasteiger partial charge in [-0.05, 0) is 13.0 Å². The summed E-state index contributed by atoms with van der Waals surface area (Å²) in [6, 6.07) is 0. The van der Waals surface area contributed by atoms with Gasteiger partial charge in [0.15, 0.2) is 11.6 Å². The summed E-state index contributed by atoms with van der Waals surface area (Å²) >= 11 is 0. The average Bonchev–Trinajstić information content (AvgIpc) is 2.26. The summed E-state index contributed by atoms with van der Waals surface area (Å²) < 4.78 is 4.68. The van der Waals surface area contributed by atoms with Crippen LogP contribution in [0.5, 0.6) is 0 Å². The van der Waals surface area contributed by atoms with E-state index in [4.69, 9.17) is 0 Å². The number of allylic oxidation sites excluding steroid dienone is 3. The van der Waals surface area contributed by atoms with Gasteiger partial charge in [0.05, 0.1) is 0 Å². The minimum atomic E-state index is -0.374. The van der Waals surface area contributed by atoms with E-state index in [1.807, 2.05) is 13.0 Å². The molecule has 0 spiro atoms. The van der Waals surface area contributed by atoms with Gasteiger partial charge in [0.1, 0.15) is 0 Å². The molecule has 0 unspecified atom stereocenters. The number of carbonyl (C=O) groups excluding carboxylic acids is 1. The van der Waals surface area contributed by atoms with Gasteiger partial charge in [0.2, 0.25) is 0 Å². The lowest BCUT2D eigenvalue weighted by Gasteiger charge is -1.86. The minimum Gasteiger partial charge on any atom is -0.407 e. The molecule has 3 heteroatoms. The monoisotopic (exact) mass is 151 g/mol. The maximum absolute atomic E-state index is 10.9. The van der Waals surface area contributed by atoms with Crippen LogP contribution in [0.15, 0.2) is 28.9 Å². The summed E-state index contributed by atoms with van der Waals surface area (Å²) in [5, 5.41) is 0. The average molecular weight is 151 g/mol. The Morgan fingerprint density at radius 1 is 1.55 bits per heavy atom. The highest BCUT2D eigenvalue weighted by Crippen LogP contribution is 2.09. The van der Waals surface area contributed by atoms with Crippen molar-refractivity contribution in [2.45, 2.75) is 13.8 Å². The van der Waals surface area contributed by atoms with Crippen molar-refractivity contribution in [3.63, 3.8) is 0 Å². The molecule has 1 aliphatic heterocycles. The second kappa shape index (κ2) is 3.14. The van der Waals surface area contributed by atoms with E-state index in [0.29, 0.717) is 11.6 Å². The standard InChI is InChI=1S/C8H9NO2/c1-3-4-5-7-8(10)11-6(2)9-7/h3-5H,1-2H3. The van der Waals surface area contributed by atoms with Crippen LogP contribution < -0.4 is 0 Å². The van der Waals surface area contributed by atoms with Crippen LogP contribution in [0.25, 0.3) is 0 Å². The molecule has 1 rings (SSSR count). The van der Waals surface area contributed by atoms with Crippen LogP contribution in [-0.4, -0.2) is 11.9 Å². The molecule has 0 N–H and O–H groups in total. The second-order valence-electron chi connectivity index (χ2n) is 2.10. The molecule has 1 heterocycles. The molecule has 1 aliphatic rings. The minimum absolute atomic E-state index is 0.362. The van der Waals surface area contributed by atoms with Crippen molar-refractivity contribution in [3.8, 4) is 0 Å². The first-order chi connectivity index (χ1) is 5.24. The van der Waals surface area contributed by atoms with Crippen molar-refractivity contribution >= 4 is 11.9 Å². The van der Waals surface area contributed by atoms with Gasteiger partial charge in [0, 0.05) is 6.92 Å². The van der Waals surface area contributed by atoms with E-state index in [2.05, 4.69) is 9.73 Å². The third kappa shape index (κ3) is 1.77. The van der Waals surface area contributed by atoms with E-state index >= 15 is 0 Å². The molecule has 0 aromatic heterocycles. The lowest BCUT2D eigenvalue weighted by molar-refractivity contribution is -0.130. The van der Waals surface area contributed by atoms with Gasteiger partial charge in [0.25, 0.3) is 0 Å². The van der Waals surface area contributed by atoms with Crippen molar-refractivity contribution in [1.82, 2.24) is 0 Å². The fraction of sp³-hybridized carbons (Fsp3) is 0.250. The van der Waals surface area contributed by atoms with E-state index in [1.165, 1.54) is 0 Å². The van der Waals surface area contributed by atoms with Gasteiger partial charge in [-0.3, -0.25) is 0 Å². The Morgan fingerprint density at radius 2 is 2.27 bits per heavy atom. The summed E-state index contributed by atoms with van der Waals surface area (Å²) in [4.78, 5) is 14.7. The van der Waals surface area contributed by atoms with Crippen LogP contribution in [0.4, 0.5) is 0 Å². The van der Waals surface area contributed by atoms with Crippen LogP contribution >= 0.6 is 0 Å². The highest BCUT2D eigenvalue weighted by atomic mass is 16.6. The normalized spacial score (nSPS) is 21.1. The molecular weight excluding hydrogens is 142 g/mol. The van der Waals surface area contributed by atoms with Crippen LogP contribution in [0, 0.1) is 0 Å². The molecule has 0 bridgehead atoms. The van der Waals surface area contributed by atoms with Gasteiger partial charge in [-0.25, -0.2) is 9.79 Å². The zero-order valence-electron chi connectivity index (χ0n) is 6.50. The molecular formula is C8H9NO2. The number of esters is 1. The van der Waals surface area contributed by atoms with Crippen molar-refractivity contribution in [3.05, 3.63) is 23.9 Å². The van der Waals surface area contributed by atoms with Crippen LogP contribution in [0.3, 0.4) is 0 Å². The highest BCUT2D eigenvalue weighted by molar-refractivity contribution is 6.03. The van der Waals surface area contributed by atoms with Gasteiger partial charge >= 0.3 is 5.97 Å². The number of ether oxygens (including phenoxy) is 1. The Balaban J connectivity index is 2.81. The first kappa shape index (κ1) is 7.72. The molecule has 0 saturated heterocycles. The number of hydrogen-bond donors (Lipinski definition) is 0. The molecule has 0 fully saturated rings. The lowest BCUT2D eigenvalue weighted by Crippen LogP contribution is -1.99. The molecule has 0 atom stereocenters. The maximum atomic E-state index is 10.9. The Bertz CT molecular complexity index is 261. The summed E-state index contributed by atoms with van der Waals surface area (Å²) in [7, 11) is 0. The number of rotatable bonds is 1. The van der Waals surface area contributed by atoms with Gasteiger partial charge in [-0.1, -0.05) is 12.2 Å². The fourth-order valence-corrected chi connectivity index (χ4v) is 0.717. The zero-order valence-corrected chi connectivity index (χ0v) is 6.50. The van der Waals surface area contributed by atoms with Gasteiger partial charge < -0.3 is 4.74 Å². The van der Waals surface area contributed by atoms with Crippen molar-refractivity contribution < 1.29 is 9.53 Å². The van der Waals surface area contributed by atoms with E-state index in [9.17, 15) is 4.79 Å². The molecule has 0 radical (unpaired) electrons.